The Hall–Kier alpha value is -0.810. The molecule has 1 rings (SSSR count). The van der Waals surface area contributed by atoms with E-state index >= 15 is 0 Å². The lowest BCUT2D eigenvalue weighted by Crippen LogP contribution is -2.60. The molecule has 5 N–H and O–H groups in total. The molecule has 6 atom stereocenters. The molecule has 0 radical (unpaired) electrons. The van der Waals surface area contributed by atoms with Crippen LogP contribution in [0, 0.1) is 0 Å². The highest BCUT2D eigenvalue weighted by molar-refractivity contribution is 5.69. The van der Waals surface area contributed by atoms with E-state index in [1.807, 2.05) is 0 Å². The van der Waals surface area contributed by atoms with E-state index in [2.05, 4.69) is 6.92 Å². The summed E-state index contributed by atoms with van der Waals surface area (Å²) >= 11 is 0. The van der Waals surface area contributed by atoms with E-state index in [9.17, 15) is 25.2 Å². The van der Waals surface area contributed by atoms with E-state index in [0.29, 0.717) is 0 Å². The van der Waals surface area contributed by atoms with E-state index in [1.165, 1.54) is 0 Å². The molecule has 0 aromatic carbocycles. The van der Waals surface area contributed by atoms with Gasteiger partial charge in [0.1, 0.15) is 37.1 Å². The van der Waals surface area contributed by atoms with Gasteiger partial charge < -0.3 is 39.7 Å². The van der Waals surface area contributed by atoms with E-state index in [-0.39, 0.29) is 13.0 Å². The lowest BCUT2D eigenvalue weighted by atomic mass is 9.99. The third-order valence-corrected chi connectivity index (χ3v) is 4.04. The molecule has 0 spiro atoms. The Morgan fingerprint density at radius 1 is 1.08 bits per heavy atom. The molecule has 9 nitrogen and oxygen atoms in total. The topological polar surface area (TPSA) is 146 Å². The van der Waals surface area contributed by atoms with Gasteiger partial charge in [-0.05, 0) is 6.42 Å². The van der Waals surface area contributed by atoms with Crippen LogP contribution in [0.25, 0.3) is 0 Å². The maximum atomic E-state index is 11.6. The molecule has 0 unspecified atom stereocenters. The van der Waals surface area contributed by atoms with Crippen LogP contribution < -0.4 is 0 Å². The summed E-state index contributed by atoms with van der Waals surface area (Å²) in [6.07, 6.45) is -4.04. The molecule has 9 heteroatoms. The highest BCUT2D eigenvalue weighted by Crippen LogP contribution is 2.23. The SMILES string of the molecule is CCCCCCC(=O)OC[C@@H](CO)O[C@@H]1O[C@H](CO)[C@H](O)[C@H](O)[C@H]1O. The van der Waals surface area contributed by atoms with Crippen molar-refractivity contribution in [3.63, 3.8) is 0 Å². The molecule has 25 heavy (non-hydrogen) atoms. The highest BCUT2D eigenvalue weighted by atomic mass is 16.7. The van der Waals surface area contributed by atoms with Crippen LogP contribution in [-0.4, -0.2) is 88.1 Å². The largest absolute Gasteiger partial charge is 0.463 e. The predicted molar refractivity (Wildman–Crippen MR) is 85.4 cm³/mol. The molecule has 0 aromatic rings. The molecule has 0 aromatic heterocycles. The Bertz CT molecular complexity index is 377. The third-order valence-electron chi connectivity index (χ3n) is 4.04. The maximum Gasteiger partial charge on any atom is 0.305 e. The number of aliphatic hydroxyl groups excluding tert-OH is 5. The average Bonchev–Trinajstić information content (AvgIpc) is 2.62. The molecule has 1 fully saturated rings. The van der Waals surface area contributed by atoms with Crippen molar-refractivity contribution in [1.29, 1.82) is 0 Å². The van der Waals surface area contributed by atoms with Crippen LogP contribution in [0.15, 0.2) is 0 Å². The van der Waals surface area contributed by atoms with E-state index in [1.54, 1.807) is 0 Å². The first kappa shape index (κ1) is 22.2. The fourth-order valence-electron chi connectivity index (χ4n) is 2.46. The normalized spacial score (nSPS) is 30.9. The molecular weight excluding hydrogens is 336 g/mol. The summed E-state index contributed by atoms with van der Waals surface area (Å²) in [7, 11) is 0. The van der Waals surface area contributed by atoms with Gasteiger partial charge in [0.15, 0.2) is 6.29 Å². The lowest BCUT2D eigenvalue weighted by molar-refractivity contribution is -0.315. The van der Waals surface area contributed by atoms with Crippen molar-refractivity contribution < 1.29 is 44.5 Å². The standard InChI is InChI=1S/C16H30O9/c1-2-3-4-5-6-12(19)23-9-10(7-17)24-16-15(22)14(21)13(20)11(8-18)25-16/h10-11,13-18,20-22H,2-9H2,1H3/t10-,11-,13+,14+,15-,16-/m1/s1. The van der Waals surface area contributed by atoms with Gasteiger partial charge in [-0.1, -0.05) is 26.2 Å². The third kappa shape index (κ3) is 7.14. The summed E-state index contributed by atoms with van der Waals surface area (Å²) < 4.78 is 15.5. The van der Waals surface area contributed by atoms with Gasteiger partial charge in [-0.2, -0.15) is 0 Å². The molecule has 0 saturated carbocycles. The summed E-state index contributed by atoms with van der Waals surface area (Å²) in [6, 6.07) is 0. The van der Waals surface area contributed by atoms with Gasteiger partial charge in [0.05, 0.1) is 13.2 Å². The molecule has 1 heterocycles. The quantitative estimate of drug-likeness (QED) is 0.222. The second kappa shape index (κ2) is 11.7. The summed E-state index contributed by atoms with van der Waals surface area (Å²) in [5, 5.41) is 47.7. The Morgan fingerprint density at radius 2 is 1.80 bits per heavy atom. The minimum Gasteiger partial charge on any atom is -0.463 e. The summed E-state index contributed by atoms with van der Waals surface area (Å²) in [4.78, 5) is 11.6. The number of unbranched alkanes of at least 4 members (excludes halogenated alkanes) is 3. The minimum absolute atomic E-state index is 0.238. The Morgan fingerprint density at radius 3 is 2.40 bits per heavy atom. The summed E-state index contributed by atoms with van der Waals surface area (Å²) in [5.41, 5.74) is 0. The number of ether oxygens (including phenoxy) is 3. The van der Waals surface area contributed by atoms with Gasteiger partial charge in [-0.3, -0.25) is 4.79 Å². The van der Waals surface area contributed by atoms with Gasteiger partial charge in [0.25, 0.3) is 0 Å². The first-order chi connectivity index (χ1) is 11.9. The van der Waals surface area contributed by atoms with E-state index in [4.69, 9.17) is 19.3 Å². The van der Waals surface area contributed by atoms with Crippen LogP contribution in [-0.2, 0) is 19.0 Å². The molecule has 0 amide bonds. The fraction of sp³-hybridized carbons (Fsp3) is 0.938. The lowest BCUT2D eigenvalue weighted by Gasteiger charge is -2.40. The number of carbonyl (C=O) groups excluding carboxylic acids is 1. The maximum absolute atomic E-state index is 11.6. The monoisotopic (exact) mass is 366 g/mol. The number of carbonyl (C=O) groups is 1. The van der Waals surface area contributed by atoms with Crippen molar-refractivity contribution in [2.24, 2.45) is 0 Å². The number of hydrogen-bond donors (Lipinski definition) is 5. The molecule has 148 valence electrons. The average molecular weight is 366 g/mol. The first-order valence-electron chi connectivity index (χ1n) is 8.67. The van der Waals surface area contributed by atoms with Gasteiger partial charge in [-0.15, -0.1) is 0 Å². The van der Waals surface area contributed by atoms with Crippen molar-refractivity contribution in [3.8, 4) is 0 Å². The smallest absolute Gasteiger partial charge is 0.305 e. The van der Waals surface area contributed by atoms with Crippen LogP contribution in [0.5, 0.6) is 0 Å². The van der Waals surface area contributed by atoms with Crippen molar-refractivity contribution in [2.75, 3.05) is 19.8 Å². The predicted octanol–water partition coefficient (Wildman–Crippen LogP) is -1.32. The van der Waals surface area contributed by atoms with Crippen LogP contribution in [0.4, 0.5) is 0 Å². The van der Waals surface area contributed by atoms with E-state index < -0.39 is 56.0 Å². The molecule has 1 aliphatic heterocycles. The van der Waals surface area contributed by atoms with Crippen LogP contribution in [0.3, 0.4) is 0 Å². The number of hydrogen-bond acceptors (Lipinski definition) is 9. The molecule has 0 bridgehead atoms. The van der Waals surface area contributed by atoms with Gasteiger partial charge >= 0.3 is 5.97 Å². The van der Waals surface area contributed by atoms with Crippen molar-refractivity contribution >= 4 is 5.97 Å². The zero-order chi connectivity index (χ0) is 18.8. The van der Waals surface area contributed by atoms with Crippen LogP contribution in [0.2, 0.25) is 0 Å². The number of aliphatic hydroxyl groups is 5. The Balaban J connectivity index is 2.42. The van der Waals surface area contributed by atoms with Gasteiger partial charge in [0.2, 0.25) is 0 Å². The Labute approximate surface area is 147 Å². The minimum atomic E-state index is -1.57. The number of esters is 1. The Kier molecular flexibility index (Phi) is 10.4. The second-order valence-corrected chi connectivity index (χ2v) is 6.13. The highest BCUT2D eigenvalue weighted by Gasteiger charge is 2.44. The summed E-state index contributed by atoms with van der Waals surface area (Å²) in [5.74, 6) is -0.410. The van der Waals surface area contributed by atoms with Crippen LogP contribution in [0.1, 0.15) is 39.0 Å². The summed E-state index contributed by atoms with van der Waals surface area (Å²) in [6.45, 7) is 0.748. The molecule has 1 aliphatic rings. The zero-order valence-electron chi connectivity index (χ0n) is 14.5. The van der Waals surface area contributed by atoms with Crippen molar-refractivity contribution in [3.05, 3.63) is 0 Å². The van der Waals surface area contributed by atoms with Gasteiger partial charge in [-0.25, -0.2) is 0 Å². The molecule has 1 saturated heterocycles. The van der Waals surface area contributed by atoms with Crippen molar-refractivity contribution in [1.82, 2.24) is 0 Å². The number of rotatable bonds is 11. The fourth-order valence-corrected chi connectivity index (χ4v) is 2.46. The zero-order valence-corrected chi connectivity index (χ0v) is 14.5. The molecular formula is C16H30O9. The van der Waals surface area contributed by atoms with Crippen molar-refractivity contribution in [2.45, 2.75) is 75.8 Å². The van der Waals surface area contributed by atoms with Crippen LogP contribution >= 0.6 is 0 Å². The second-order valence-electron chi connectivity index (χ2n) is 6.13. The molecule has 0 aliphatic carbocycles. The van der Waals surface area contributed by atoms with E-state index in [0.717, 1.165) is 25.7 Å². The van der Waals surface area contributed by atoms with Gasteiger partial charge in [0, 0.05) is 6.42 Å². The first-order valence-corrected chi connectivity index (χ1v) is 8.67.